The molecule has 2 N–H and O–H groups in total. The van der Waals surface area contributed by atoms with Crippen molar-refractivity contribution < 1.29 is 19.1 Å². The van der Waals surface area contributed by atoms with Gasteiger partial charge >= 0.3 is 6.16 Å². The number of carbonyl (C=O) groups excluding carboxylic acids is 2. The van der Waals surface area contributed by atoms with Crippen LogP contribution in [0.25, 0.3) is 10.9 Å². The molecule has 0 saturated heterocycles. The van der Waals surface area contributed by atoms with E-state index in [0.29, 0.717) is 12.1 Å². The zero-order valence-electron chi connectivity index (χ0n) is 12.7. The number of carbonyl (C=O) groups is 2. The van der Waals surface area contributed by atoms with Crippen LogP contribution in [0.1, 0.15) is 31.9 Å². The molecule has 1 aromatic heterocycles. The van der Waals surface area contributed by atoms with Crippen molar-refractivity contribution >= 4 is 23.0 Å². The quantitative estimate of drug-likeness (QED) is 0.804. The summed E-state index contributed by atoms with van der Waals surface area (Å²) in [5, 5.41) is 3.58. The van der Waals surface area contributed by atoms with E-state index in [4.69, 9.17) is 9.47 Å². The first-order valence-corrected chi connectivity index (χ1v) is 7.34. The summed E-state index contributed by atoms with van der Waals surface area (Å²) in [6.07, 6.45) is 0.581. The zero-order valence-corrected chi connectivity index (χ0v) is 12.7. The van der Waals surface area contributed by atoms with Gasteiger partial charge in [0.05, 0.1) is 6.61 Å². The van der Waals surface area contributed by atoms with Gasteiger partial charge in [0.1, 0.15) is 0 Å². The Morgan fingerprint density at radius 1 is 1.27 bits per heavy atom. The lowest BCUT2D eigenvalue weighted by Crippen LogP contribution is -2.32. The van der Waals surface area contributed by atoms with Gasteiger partial charge in [0.25, 0.3) is 5.91 Å². The number of aromatic nitrogens is 1. The molecule has 0 aliphatic carbocycles. The topological polar surface area (TPSA) is 80.4 Å². The van der Waals surface area contributed by atoms with E-state index in [9.17, 15) is 9.59 Å². The Hall–Kier alpha value is -2.50. The van der Waals surface area contributed by atoms with Gasteiger partial charge in [0.15, 0.2) is 0 Å². The van der Waals surface area contributed by atoms with Crippen LogP contribution < -0.4 is 5.32 Å². The summed E-state index contributed by atoms with van der Waals surface area (Å²) >= 11 is 0. The summed E-state index contributed by atoms with van der Waals surface area (Å²) in [4.78, 5) is 27.0. The molecular formula is C16H20N2O4. The minimum atomic E-state index is -1.04. The van der Waals surface area contributed by atoms with E-state index in [2.05, 4.69) is 10.3 Å². The molecule has 22 heavy (non-hydrogen) atoms. The highest BCUT2D eigenvalue weighted by Crippen LogP contribution is 2.27. The third-order valence-electron chi connectivity index (χ3n) is 3.17. The first kappa shape index (κ1) is 15.9. The molecule has 0 spiro atoms. The van der Waals surface area contributed by atoms with Crippen LogP contribution >= 0.6 is 0 Å². The standard InChI is InChI=1S/C16H20N2O4/c1-3-9-17-15(19)14(22-16(20)21-4-2)12-10-18-13-8-6-5-7-11(12)13/h5-8,10,14,18H,3-4,9H2,1-2H3,(H,17,19). The summed E-state index contributed by atoms with van der Waals surface area (Å²) in [5.41, 5.74) is 1.48. The van der Waals surface area contributed by atoms with Crippen LogP contribution in [0.15, 0.2) is 30.5 Å². The molecule has 0 aliphatic rings. The number of aromatic amines is 1. The molecule has 1 amide bonds. The van der Waals surface area contributed by atoms with Gasteiger partial charge < -0.3 is 19.8 Å². The average molecular weight is 304 g/mol. The van der Waals surface area contributed by atoms with Gasteiger partial charge in [-0.05, 0) is 19.4 Å². The van der Waals surface area contributed by atoms with Crippen LogP contribution in [0.3, 0.4) is 0 Å². The van der Waals surface area contributed by atoms with Crippen LogP contribution in [-0.4, -0.2) is 30.2 Å². The van der Waals surface area contributed by atoms with Gasteiger partial charge in [-0.25, -0.2) is 4.79 Å². The fourth-order valence-electron chi connectivity index (χ4n) is 2.16. The highest BCUT2D eigenvalue weighted by Gasteiger charge is 2.27. The number of ether oxygens (including phenoxy) is 2. The molecule has 1 heterocycles. The van der Waals surface area contributed by atoms with E-state index < -0.39 is 12.3 Å². The molecule has 2 aromatic rings. The minimum Gasteiger partial charge on any atom is -0.435 e. The molecular weight excluding hydrogens is 284 g/mol. The third kappa shape index (κ3) is 3.58. The summed E-state index contributed by atoms with van der Waals surface area (Å²) < 4.78 is 9.99. The van der Waals surface area contributed by atoms with Crippen molar-refractivity contribution in [3.8, 4) is 0 Å². The number of H-pyrrole nitrogens is 1. The smallest absolute Gasteiger partial charge is 0.435 e. The lowest BCUT2D eigenvalue weighted by Gasteiger charge is -2.16. The largest absolute Gasteiger partial charge is 0.509 e. The highest BCUT2D eigenvalue weighted by atomic mass is 16.7. The van der Waals surface area contributed by atoms with E-state index >= 15 is 0 Å². The Morgan fingerprint density at radius 3 is 2.77 bits per heavy atom. The molecule has 6 heteroatoms. The molecule has 2 rings (SSSR count). The number of nitrogens with one attached hydrogen (secondary N) is 2. The maximum absolute atomic E-state index is 12.3. The maximum atomic E-state index is 12.3. The van der Waals surface area contributed by atoms with E-state index in [0.717, 1.165) is 17.3 Å². The SMILES string of the molecule is CCCNC(=O)C(OC(=O)OCC)c1c[nH]c2ccccc12. The van der Waals surface area contributed by atoms with E-state index in [-0.39, 0.29) is 12.5 Å². The molecule has 6 nitrogen and oxygen atoms in total. The van der Waals surface area contributed by atoms with Gasteiger partial charge in [-0.15, -0.1) is 0 Å². The number of hydrogen-bond donors (Lipinski definition) is 2. The summed E-state index contributed by atoms with van der Waals surface area (Å²) in [7, 11) is 0. The van der Waals surface area contributed by atoms with Gasteiger partial charge in [0, 0.05) is 29.2 Å². The van der Waals surface area contributed by atoms with Gasteiger partial charge in [0.2, 0.25) is 6.10 Å². The predicted octanol–water partition coefficient (Wildman–Crippen LogP) is 2.91. The number of rotatable bonds is 6. The van der Waals surface area contributed by atoms with Crippen molar-refractivity contribution in [2.45, 2.75) is 26.4 Å². The van der Waals surface area contributed by atoms with Gasteiger partial charge in [-0.1, -0.05) is 25.1 Å². The van der Waals surface area contributed by atoms with Crippen LogP contribution in [0.2, 0.25) is 0 Å². The monoisotopic (exact) mass is 304 g/mol. The molecule has 0 saturated carbocycles. The van der Waals surface area contributed by atoms with Crippen LogP contribution in [0.5, 0.6) is 0 Å². The van der Waals surface area contributed by atoms with Crippen molar-refractivity contribution in [3.05, 3.63) is 36.0 Å². The first-order chi connectivity index (χ1) is 10.7. The lowest BCUT2D eigenvalue weighted by atomic mass is 10.1. The summed E-state index contributed by atoms with van der Waals surface area (Å²) in [6.45, 7) is 4.34. The van der Waals surface area contributed by atoms with Gasteiger partial charge in [-0.2, -0.15) is 0 Å². The minimum absolute atomic E-state index is 0.190. The molecule has 1 atom stereocenters. The molecule has 0 bridgehead atoms. The van der Waals surface area contributed by atoms with Crippen LogP contribution in [0, 0.1) is 0 Å². The number of hydrogen-bond acceptors (Lipinski definition) is 4. The maximum Gasteiger partial charge on any atom is 0.509 e. The molecule has 0 fully saturated rings. The number of fused-ring (bicyclic) bond motifs is 1. The predicted molar refractivity (Wildman–Crippen MR) is 82.4 cm³/mol. The van der Waals surface area contributed by atoms with Crippen LogP contribution in [0.4, 0.5) is 4.79 Å². The molecule has 1 unspecified atom stereocenters. The Morgan fingerprint density at radius 2 is 2.05 bits per heavy atom. The number of para-hydroxylation sites is 1. The Labute approximate surface area is 128 Å². The normalized spacial score (nSPS) is 11.9. The fourth-order valence-corrected chi connectivity index (χ4v) is 2.16. The Kier molecular flexibility index (Phi) is 5.41. The van der Waals surface area contributed by atoms with Gasteiger partial charge in [-0.3, -0.25) is 4.79 Å². The van der Waals surface area contributed by atoms with E-state index in [1.54, 1.807) is 13.1 Å². The van der Waals surface area contributed by atoms with Crippen molar-refractivity contribution in [2.24, 2.45) is 0 Å². The third-order valence-corrected chi connectivity index (χ3v) is 3.17. The van der Waals surface area contributed by atoms with Crippen LogP contribution in [-0.2, 0) is 14.3 Å². The molecule has 0 radical (unpaired) electrons. The van der Waals surface area contributed by atoms with Crippen molar-refractivity contribution in [1.29, 1.82) is 0 Å². The second kappa shape index (κ2) is 7.49. The Bertz CT molecular complexity index is 650. The van der Waals surface area contributed by atoms with E-state index in [1.807, 2.05) is 31.2 Å². The van der Waals surface area contributed by atoms with Crippen molar-refractivity contribution in [2.75, 3.05) is 13.2 Å². The highest BCUT2D eigenvalue weighted by molar-refractivity contribution is 5.92. The zero-order chi connectivity index (χ0) is 15.9. The number of amides is 1. The van der Waals surface area contributed by atoms with Crippen molar-refractivity contribution in [3.63, 3.8) is 0 Å². The van der Waals surface area contributed by atoms with Crippen molar-refractivity contribution in [1.82, 2.24) is 10.3 Å². The lowest BCUT2D eigenvalue weighted by molar-refractivity contribution is -0.131. The summed E-state index contributed by atoms with van der Waals surface area (Å²) in [6, 6.07) is 7.52. The number of benzene rings is 1. The molecule has 1 aromatic carbocycles. The Balaban J connectivity index is 2.30. The second-order valence-corrected chi connectivity index (χ2v) is 4.76. The first-order valence-electron chi connectivity index (χ1n) is 7.34. The second-order valence-electron chi connectivity index (χ2n) is 4.76. The average Bonchev–Trinajstić information content (AvgIpc) is 2.94. The molecule has 118 valence electrons. The molecule has 0 aliphatic heterocycles. The van der Waals surface area contributed by atoms with E-state index in [1.165, 1.54) is 0 Å². The fraction of sp³-hybridized carbons (Fsp3) is 0.375. The summed E-state index contributed by atoms with van der Waals surface area (Å²) in [5.74, 6) is -0.361.